The Kier molecular flexibility index (Phi) is 5.26. The van der Waals surface area contributed by atoms with Crippen LogP contribution in [0.1, 0.15) is 32.5 Å². The Morgan fingerprint density at radius 3 is 2.27 bits per heavy atom. The molecule has 2 aromatic rings. The van der Waals surface area contributed by atoms with E-state index in [1.165, 1.54) is 18.3 Å². The normalized spacial score (nSPS) is 9.86. The lowest BCUT2D eigenvalue weighted by Crippen LogP contribution is -2.41. The van der Waals surface area contributed by atoms with Crippen LogP contribution >= 0.6 is 11.3 Å². The van der Waals surface area contributed by atoms with Crippen LogP contribution in [0.5, 0.6) is 0 Å². The lowest BCUT2D eigenvalue weighted by molar-refractivity contribution is -0.119. The largest absolute Gasteiger partial charge is 0.352 e. The van der Waals surface area contributed by atoms with Gasteiger partial charge in [-0.05, 0) is 29.1 Å². The highest BCUT2D eigenvalue weighted by Crippen LogP contribution is 2.07. The van der Waals surface area contributed by atoms with Gasteiger partial charge >= 0.3 is 0 Å². The molecule has 3 N–H and O–H groups in total. The summed E-state index contributed by atoms with van der Waals surface area (Å²) in [5.74, 6) is -0.875. The zero-order valence-electron chi connectivity index (χ0n) is 11.9. The quantitative estimate of drug-likeness (QED) is 0.746. The van der Waals surface area contributed by atoms with Gasteiger partial charge in [-0.25, -0.2) is 0 Å². The molecule has 0 aliphatic rings. The molecule has 114 valence electrons. The fourth-order valence-electron chi connectivity index (χ4n) is 1.66. The molecule has 0 atom stereocenters. The third-order valence-corrected chi connectivity index (χ3v) is 3.66. The molecule has 0 saturated carbocycles. The average Bonchev–Trinajstić information content (AvgIpc) is 3.05. The second-order valence-corrected chi connectivity index (χ2v) is 5.44. The number of amides is 3. The molecule has 0 saturated heterocycles. The third kappa shape index (κ3) is 4.42. The van der Waals surface area contributed by atoms with E-state index in [1.54, 1.807) is 41.8 Å². The third-order valence-electron chi connectivity index (χ3n) is 2.79. The minimum absolute atomic E-state index is 0.113. The van der Waals surface area contributed by atoms with Crippen LogP contribution in [0.2, 0.25) is 0 Å². The molecule has 0 aliphatic heterocycles. The molecule has 0 fully saturated rings. The summed E-state index contributed by atoms with van der Waals surface area (Å²) in [6.45, 7) is 1.85. The standard InChI is InChI=1S/C15H15N3O3S/c1-10(19)16-9-11-4-6-12(7-5-11)14(20)17-18-15(21)13-3-2-8-22-13/h2-8H,9H2,1H3,(H,16,19)(H,17,20)(H,18,21). The highest BCUT2D eigenvalue weighted by Gasteiger charge is 2.09. The lowest BCUT2D eigenvalue weighted by atomic mass is 10.1. The fourth-order valence-corrected chi connectivity index (χ4v) is 2.27. The Bertz CT molecular complexity index is 666. The summed E-state index contributed by atoms with van der Waals surface area (Å²) in [7, 11) is 0. The van der Waals surface area contributed by atoms with E-state index in [-0.39, 0.29) is 11.8 Å². The molecule has 0 spiro atoms. The monoisotopic (exact) mass is 317 g/mol. The van der Waals surface area contributed by atoms with Crippen LogP contribution in [0.3, 0.4) is 0 Å². The van der Waals surface area contributed by atoms with Gasteiger partial charge in [0.15, 0.2) is 0 Å². The molecule has 2 rings (SSSR count). The molecule has 7 heteroatoms. The molecule has 3 amide bonds. The summed E-state index contributed by atoms with van der Waals surface area (Å²) in [5.41, 5.74) is 6.01. The smallest absolute Gasteiger partial charge is 0.279 e. The van der Waals surface area contributed by atoms with E-state index in [0.717, 1.165) is 5.56 Å². The number of hydrogen-bond donors (Lipinski definition) is 3. The first kappa shape index (κ1) is 15.7. The molecule has 22 heavy (non-hydrogen) atoms. The van der Waals surface area contributed by atoms with Gasteiger partial charge in [-0.2, -0.15) is 0 Å². The maximum Gasteiger partial charge on any atom is 0.279 e. The molecule has 0 bridgehead atoms. The van der Waals surface area contributed by atoms with E-state index in [9.17, 15) is 14.4 Å². The van der Waals surface area contributed by atoms with Gasteiger partial charge in [-0.3, -0.25) is 25.2 Å². The first-order valence-corrected chi connectivity index (χ1v) is 7.42. The van der Waals surface area contributed by atoms with Crippen molar-refractivity contribution in [3.8, 4) is 0 Å². The summed E-state index contributed by atoms with van der Waals surface area (Å²) in [6, 6.07) is 10.2. The van der Waals surface area contributed by atoms with E-state index >= 15 is 0 Å². The van der Waals surface area contributed by atoms with Crippen molar-refractivity contribution < 1.29 is 14.4 Å². The van der Waals surface area contributed by atoms with Crippen LogP contribution in [0.25, 0.3) is 0 Å². The molecule has 0 radical (unpaired) electrons. The van der Waals surface area contributed by atoms with Crippen molar-refractivity contribution in [3.63, 3.8) is 0 Å². The highest BCUT2D eigenvalue weighted by atomic mass is 32.1. The first-order chi connectivity index (χ1) is 10.6. The van der Waals surface area contributed by atoms with Crippen LogP contribution in [-0.4, -0.2) is 17.7 Å². The Hall–Kier alpha value is -2.67. The molecular weight excluding hydrogens is 302 g/mol. The molecule has 0 aliphatic carbocycles. The number of carbonyl (C=O) groups excluding carboxylic acids is 3. The molecule has 1 aromatic heterocycles. The number of carbonyl (C=O) groups is 3. The summed E-state index contributed by atoms with van der Waals surface area (Å²) >= 11 is 1.29. The van der Waals surface area contributed by atoms with Gasteiger partial charge in [0, 0.05) is 19.0 Å². The average molecular weight is 317 g/mol. The summed E-state index contributed by atoms with van der Waals surface area (Å²) < 4.78 is 0. The predicted octanol–water partition coefficient (Wildman–Crippen LogP) is 1.46. The first-order valence-electron chi connectivity index (χ1n) is 6.54. The van der Waals surface area contributed by atoms with Crippen molar-refractivity contribution >= 4 is 29.1 Å². The topological polar surface area (TPSA) is 87.3 Å². The van der Waals surface area contributed by atoms with E-state index < -0.39 is 5.91 Å². The molecule has 6 nitrogen and oxygen atoms in total. The Labute approximate surface area is 131 Å². The van der Waals surface area contributed by atoms with E-state index in [1.807, 2.05) is 0 Å². The summed E-state index contributed by atoms with van der Waals surface area (Å²) in [5, 5.41) is 4.45. The van der Waals surface area contributed by atoms with Crippen LogP contribution in [0.15, 0.2) is 41.8 Å². The van der Waals surface area contributed by atoms with Gasteiger partial charge < -0.3 is 5.32 Å². The maximum atomic E-state index is 11.9. The van der Waals surface area contributed by atoms with Crippen molar-refractivity contribution in [2.24, 2.45) is 0 Å². The van der Waals surface area contributed by atoms with Crippen molar-refractivity contribution in [1.29, 1.82) is 0 Å². The van der Waals surface area contributed by atoms with Gasteiger partial charge in [-0.15, -0.1) is 11.3 Å². The number of hydrogen-bond acceptors (Lipinski definition) is 4. The maximum absolute atomic E-state index is 11.9. The van der Waals surface area contributed by atoms with Crippen molar-refractivity contribution in [1.82, 2.24) is 16.2 Å². The molecule has 1 aromatic carbocycles. The predicted molar refractivity (Wildman–Crippen MR) is 83.2 cm³/mol. The minimum Gasteiger partial charge on any atom is -0.352 e. The van der Waals surface area contributed by atoms with Gasteiger partial charge in [0.1, 0.15) is 0 Å². The Morgan fingerprint density at radius 1 is 1.00 bits per heavy atom. The molecule has 1 heterocycles. The van der Waals surface area contributed by atoms with Gasteiger partial charge in [0.2, 0.25) is 5.91 Å². The SMILES string of the molecule is CC(=O)NCc1ccc(C(=O)NNC(=O)c2cccs2)cc1. The fraction of sp³-hybridized carbons (Fsp3) is 0.133. The zero-order chi connectivity index (χ0) is 15.9. The van der Waals surface area contributed by atoms with Gasteiger partial charge in [-0.1, -0.05) is 18.2 Å². The minimum atomic E-state index is -0.406. The van der Waals surface area contributed by atoms with Crippen LogP contribution in [-0.2, 0) is 11.3 Å². The van der Waals surface area contributed by atoms with E-state index in [2.05, 4.69) is 16.2 Å². The second kappa shape index (κ2) is 7.37. The number of rotatable bonds is 4. The van der Waals surface area contributed by atoms with Crippen molar-refractivity contribution in [3.05, 3.63) is 57.8 Å². The number of hydrazine groups is 1. The molecule has 0 unspecified atom stereocenters. The van der Waals surface area contributed by atoms with Crippen LogP contribution < -0.4 is 16.2 Å². The van der Waals surface area contributed by atoms with Gasteiger partial charge in [0.25, 0.3) is 11.8 Å². The van der Waals surface area contributed by atoms with Gasteiger partial charge in [0.05, 0.1) is 4.88 Å². The molecular formula is C15H15N3O3S. The van der Waals surface area contributed by atoms with Crippen LogP contribution in [0.4, 0.5) is 0 Å². The zero-order valence-corrected chi connectivity index (χ0v) is 12.7. The highest BCUT2D eigenvalue weighted by molar-refractivity contribution is 7.12. The Morgan fingerprint density at radius 2 is 1.68 bits per heavy atom. The van der Waals surface area contributed by atoms with E-state index in [4.69, 9.17) is 0 Å². The second-order valence-electron chi connectivity index (χ2n) is 4.49. The summed E-state index contributed by atoms with van der Waals surface area (Å²) in [6.07, 6.45) is 0. The number of nitrogens with one attached hydrogen (secondary N) is 3. The number of benzene rings is 1. The van der Waals surface area contributed by atoms with Crippen LogP contribution in [0, 0.1) is 0 Å². The van der Waals surface area contributed by atoms with E-state index in [0.29, 0.717) is 17.0 Å². The lowest BCUT2D eigenvalue weighted by Gasteiger charge is -2.07. The Balaban J connectivity index is 1.87. The van der Waals surface area contributed by atoms with Crippen molar-refractivity contribution in [2.45, 2.75) is 13.5 Å². The summed E-state index contributed by atoms with van der Waals surface area (Å²) in [4.78, 5) is 34.9. The van der Waals surface area contributed by atoms with Crippen molar-refractivity contribution in [2.75, 3.05) is 0 Å². The number of thiophene rings is 1.